The van der Waals surface area contributed by atoms with Gasteiger partial charge in [0.2, 0.25) is 5.91 Å². The zero-order valence-corrected chi connectivity index (χ0v) is 17.2. The Labute approximate surface area is 172 Å². The number of rotatable bonds is 3. The van der Waals surface area contributed by atoms with Gasteiger partial charge in [-0.2, -0.15) is 0 Å². The minimum Gasteiger partial charge on any atom is -0.496 e. The second-order valence-electron chi connectivity index (χ2n) is 7.51. The Morgan fingerprint density at radius 1 is 1.24 bits per heavy atom. The molecule has 1 unspecified atom stereocenters. The molecule has 0 saturated carbocycles. The number of fused-ring (bicyclic) bond motifs is 1. The first kappa shape index (κ1) is 21.3. The zero-order valence-electron chi connectivity index (χ0n) is 17.2. The third-order valence-corrected chi connectivity index (χ3v) is 5.62. The minimum absolute atomic E-state index is 0.0989. The Balaban J connectivity index is 0.000000176. The minimum atomic E-state index is -0.769. The standard InChI is InChI=1S/C12H16N2O3.C11H15N/c1-14-9-3-7(6-13)11(17-2)4-8(9)10(15)5-12(14)16;1-2-6-10(7-3-1)11-8-4-5-9-12-11/h3-4,10,15H,5-6,13H2,1-2H3;1-3,6-7,11-12H,4-5,8-9H2/t;11-/m.1/s1. The number of hydrogen-bond donors (Lipinski definition) is 3. The van der Waals surface area contributed by atoms with Crippen molar-refractivity contribution < 1.29 is 14.6 Å². The highest BCUT2D eigenvalue weighted by Gasteiger charge is 2.29. The lowest BCUT2D eigenvalue weighted by atomic mass is 9.96. The fourth-order valence-electron chi connectivity index (χ4n) is 3.90. The lowest BCUT2D eigenvalue weighted by Crippen LogP contribution is -2.33. The summed E-state index contributed by atoms with van der Waals surface area (Å²) >= 11 is 0. The smallest absolute Gasteiger partial charge is 0.229 e. The average Bonchev–Trinajstić information content (AvgIpc) is 2.78. The number of anilines is 1. The Morgan fingerprint density at radius 3 is 2.62 bits per heavy atom. The molecule has 2 aromatic rings. The quantitative estimate of drug-likeness (QED) is 0.741. The van der Waals surface area contributed by atoms with E-state index in [4.69, 9.17) is 10.5 Å². The van der Waals surface area contributed by atoms with Crippen molar-refractivity contribution in [3.8, 4) is 5.75 Å². The predicted octanol–water partition coefficient (Wildman–Crippen LogP) is 3.06. The maximum absolute atomic E-state index is 11.6. The van der Waals surface area contributed by atoms with Gasteiger partial charge in [-0.05, 0) is 37.1 Å². The molecule has 2 aliphatic rings. The molecule has 4 rings (SSSR count). The fraction of sp³-hybridized carbons (Fsp3) is 0.435. The molecular formula is C23H31N3O3. The molecule has 1 amide bonds. The molecule has 1 saturated heterocycles. The maximum atomic E-state index is 11.6. The Hall–Kier alpha value is -2.41. The number of hydrogen-bond acceptors (Lipinski definition) is 5. The number of aliphatic hydroxyl groups is 1. The highest BCUT2D eigenvalue weighted by molar-refractivity contribution is 5.96. The molecule has 2 aliphatic heterocycles. The van der Waals surface area contributed by atoms with Gasteiger partial charge in [0.05, 0.1) is 19.6 Å². The zero-order chi connectivity index (χ0) is 20.8. The Bertz CT molecular complexity index is 820. The first-order valence-corrected chi connectivity index (χ1v) is 10.2. The van der Waals surface area contributed by atoms with Gasteiger partial charge < -0.3 is 25.8 Å². The third kappa shape index (κ3) is 4.96. The van der Waals surface area contributed by atoms with Crippen LogP contribution in [0, 0.1) is 0 Å². The van der Waals surface area contributed by atoms with Crippen molar-refractivity contribution in [2.45, 2.75) is 44.4 Å². The van der Waals surface area contributed by atoms with E-state index in [1.807, 2.05) is 0 Å². The van der Waals surface area contributed by atoms with Gasteiger partial charge in [-0.25, -0.2) is 0 Å². The second-order valence-corrected chi connectivity index (χ2v) is 7.51. The van der Waals surface area contributed by atoms with Crippen molar-refractivity contribution in [3.05, 3.63) is 59.2 Å². The summed E-state index contributed by atoms with van der Waals surface area (Å²) in [6.07, 6.45) is 3.34. The SMILES string of the molecule is COc1cc2c(cc1CN)N(C)C(=O)CC2O.c1ccc([C@H]2CCCCN2)cc1. The van der Waals surface area contributed by atoms with Gasteiger partial charge in [-0.3, -0.25) is 4.79 Å². The fourth-order valence-corrected chi connectivity index (χ4v) is 3.90. The van der Waals surface area contributed by atoms with E-state index in [0.717, 1.165) is 5.56 Å². The van der Waals surface area contributed by atoms with Crippen molar-refractivity contribution >= 4 is 11.6 Å². The van der Waals surface area contributed by atoms with E-state index in [1.165, 1.54) is 31.4 Å². The van der Waals surface area contributed by atoms with Gasteiger partial charge >= 0.3 is 0 Å². The molecule has 29 heavy (non-hydrogen) atoms. The number of nitrogens with two attached hydrogens (primary N) is 1. The van der Waals surface area contributed by atoms with E-state index in [2.05, 4.69) is 35.6 Å². The van der Waals surface area contributed by atoms with Crippen molar-refractivity contribution in [1.29, 1.82) is 0 Å². The summed E-state index contributed by atoms with van der Waals surface area (Å²) in [7, 11) is 3.25. The van der Waals surface area contributed by atoms with Crippen LogP contribution in [0.3, 0.4) is 0 Å². The summed E-state index contributed by atoms with van der Waals surface area (Å²) in [6, 6.07) is 14.9. The number of nitrogens with one attached hydrogen (secondary N) is 1. The Morgan fingerprint density at radius 2 is 2.00 bits per heavy atom. The molecular weight excluding hydrogens is 366 g/mol. The largest absolute Gasteiger partial charge is 0.496 e. The van der Waals surface area contributed by atoms with Crippen LogP contribution in [0.4, 0.5) is 5.69 Å². The van der Waals surface area contributed by atoms with E-state index in [9.17, 15) is 9.90 Å². The van der Waals surface area contributed by atoms with Gasteiger partial charge in [0.15, 0.2) is 0 Å². The summed E-state index contributed by atoms with van der Waals surface area (Å²) in [5.74, 6) is 0.547. The number of benzene rings is 2. The van der Waals surface area contributed by atoms with Crippen molar-refractivity contribution in [1.82, 2.24) is 5.32 Å². The van der Waals surface area contributed by atoms with Crippen LogP contribution in [0.15, 0.2) is 42.5 Å². The summed E-state index contributed by atoms with van der Waals surface area (Å²) in [6.45, 7) is 1.51. The molecule has 2 aromatic carbocycles. The van der Waals surface area contributed by atoms with Crippen molar-refractivity contribution in [2.24, 2.45) is 5.73 Å². The molecule has 2 heterocycles. The first-order chi connectivity index (χ1) is 14.0. The average molecular weight is 398 g/mol. The number of carbonyl (C=O) groups excluding carboxylic acids is 1. The van der Waals surface area contributed by atoms with Gasteiger partial charge in [-0.1, -0.05) is 36.8 Å². The van der Waals surface area contributed by atoms with Crippen molar-refractivity contribution in [2.75, 3.05) is 25.6 Å². The van der Waals surface area contributed by atoms with Crippen LogP contribution in [-0.4, -0.2) is 31.7 Å². The third-order valence-electron chi connectivity index (χ3n) is 5.62. The number of amides is 1. The molecule has 1 fully saturated rings. The van der Waals surface area contributed by atoms with E-state index in [0.29, 0.717) is 29.6 Å². The first-order valence-electron chi connectivity index (χ1n) is 10.2. The van der Waals surface area contributed by atoms with Crippen molar-refractivity contribution in [3.63, 3.8) is 0 Å². The molecule has 0 radical (unpaired) electrons. The van der Waals surface area contributed by atoms with Crippen LogP contribution in [0.5, 0.6) is 5.75 Å². The molecule has 0 aliphatic carbocycles. The van der Waals surface area contributed by atoms with E-state index in [1.54, 1.807) is 31.2 Å². The number of ether oxygens (including phenoxy) is 1. The topological polar surface area (TPSA) is 87.8 Å². The second kappa shape index (κ2) is 9.87. The number of piperidine rings is 1. The van der Waals surface area contributed by atoms with Crippen LogP contribution in [-0.2, 0) is 11.3 Å². The molecule has 4 N–H and O–H groups in total. The molecule has 0 bridgehead atoms. The highest BCUT2D eigenvalue weighted by atomic mass is 16.5. The number of carbonyl (C=O) groups is 1. The monoisotopic (exact) mass is 397 g/mol. The molecule has 156 valence electrons. The summed E-state index contributed by atoms with van der Waals surface area (Å²) in [4.78, 5) is 13.2. The normalized spacial score (nSPS) is 21.1. The van der Waals surface area contributed by atoms with E-state index in [-0.39, 0.29) is 12.3 Å². The van der Waals surface area contributed by atoms with Crippen LogP contribution in [0.25, 0.3) is 0 Å². The predicted molar refractivity (Wildman–Crippen MR) is 115 cm³/mol. The van der Waals surface area contributed by atoms with Crippen LogP contribution < -0.4 is 20.7 Å². The van der Waals surface area contributed by atoms with Crippen LogP contribution in [0.2, 0.25) is 0 Å². The lowest BCUT2D eigenvalue weighted by molar-refractivity contribution is -0.120. The van der Waals surface area contributed by atoms with Gasteiger partial charge in [-0.15, -0.1) is 0 Å². The van der Waals surface area contributed by atoms with E-state index < -0.39 is 6.10 Å². The highest BCUT2D eigenvalue weighted by Crippen LogP contribution is 2.38. The summed E-state index contributed by atoms with van der Waals surface area (Å²) in [5.41, 5.74) is 9.30. The number of methoxy groups -OCH3 is 1. The Kier molecular flexibility index (Phi) is 7.25. The summed E-state index contributed by atoms with van der Waals surface area (Å²) < 4.78 is 5.22. The van der Waals surface area contributed by atoms with E-state index >= 15 is 0 Å². The molecule has 0 spiro atoms. The van der Waals surface area contributed by atoms with Gasteiger partial charge in [0.25, 0.3) is 0 Å². The van der Waals surface area contributed by atoms with Gasteiger partial charge in [0.1, 0.15) is 5.75 Å². The lowest BCUT2D eigenvalue weighted by Gasteiger charge is -2.30. The number of aliphatic hydroxyl groups excluding tert-OH is 1. The molecule has 0 aromatic heterocycles. The number of nitrogens with zero attached hydrogens (tertiary/aromatic N) is 1. The van der Waals surface area contributed by atoms with Gasteiger partial charge in [0, 0.05) is 36.4 Å². The van der Waals surface area contributed by atoms with Crippen LogP contribution >= 0.6 is 0 Å². The molecule has 2 atom stereocenters. The summed E-state index contributed by atoms with van der Waals surface area (Å²) in [5, 5.41) is 13.4. The molecule has 6 heteroatoms. The molecule has 6 nitrogen and oxygen atoms in total. The van der Waals surface area contributed by atoms with Crippen LogP contribution in [0.1, 0.15) is 54.5 Å². The maximum Gasteiger partial charge on any atom is 0.229 e.